The third kappa shape index (κ3) is 1.23. The summed E-state index contributed by atoms with van der Waals surface area (Å²) in [7, 11) is 1.69. The number of hydrogen-bond acceptors (Lipinski definition) is 2. The van der Waals surface area contributed by atoms with Gasteiger partial charge in [-0.15, -0.1) is 11.3 Å². The maximum Gasteiger partial charge on any atom is 0.134 e. The molecule has 2 rings (SSSR count). The Morgan fingerprint density at radius 1 is 1.38 bits per heavy atom. The van der Waals surface area contributed by atoms with Gasteiger partial charge in [-0.05, 0) is 23.6 Å². The van der Waals surface area contributed by atoms with Crippen LogP contribution in [0.3, 0.4) is 0 Å². The first-order valence-electron chi connectivity index (χ1n) is 4.03. The highest BCUT2D eigenvalue weighted by atomic mass is 32.1. The molecule has 2 aromatic rings. The number of rotatable bonds is 2. The van der Waals surface area contributed by atoms with Crippen LogP contribution in [0.5, 0.6) is 5.75 Å². The van der Waals surface area contributed by atoms with Gasteiger partial charge in [-0.3, -0.25) is 0 Å². The Balaban J connectivity index is 2.81. The molecule has 0 N–H and O–H groups in total. The van der Waals surface area contributed by atoms with Crippen LogP contribution in [0.1, 0.15) is 5.56 Å². The molecule has 0 amide bonds. The van der Waals surface area contributed by atoms with Crippen LogP contribution >= 0.6 is 11.3 Å². The van der Waals surface area contributed by atoms with Gasteiger partial charge in [0.15, 0.2) is 0 Å². The zero-order valence-corrected chi connectivity index (χ0v) is 8.23. The number of methoxy groups -OCH3 is 1. The van der Waals surface area contributed by atoms with E-state index < -0.39 is 0 Å². The van der Waals surface area contributed by atoms with Gasteiger partial charge in [0.2, 0.25) is 0 Å². The lowest BCUT2D eigenvalue weighted by molar-refractivity contribution is 0.419. The summed E-state index contributed by atoms with van der Waals surface area (Å²) in [5.41, 5.74) is 1.05. The molecule has 13 heavy (non-hydrogen) atoms. The smallest absolute Gasteiger partial charge is 0.134 e. The van der Waals surface area contributed by atoms with E-state index in [-0.39, 0.29) is 0 Å². The zero-order valence-electron chi connectivity index (χ0n) is 7.41. The minimum atomic E-state index is 0.925. The topological polar surface area (TPSA) is 9.23 Å². The van der Waals surface area contributed by atoms with Crippen molar-refractivity contribution in [3.05, 3.63) is 35.7 Å². The van der Waals surface area contributed by atoms with E-state index in [0.717, 1.165) is 11.3 Å². The fourth-order valence-corrected chi connectivity index (χ4v) is 2.21. The van der Waals surface area contributed by atoms with Crippen LogP contribution in [0.25, 0.3) is 16.2 Å². The van der Waals surface area contributed by atoms with Crippen LogP contribution < -0.4 is 4.74 Å². The average molecular weight is 190 g/mol. The molecule has 1 aromatic carbocycles. The minimum Gasteiger partial charge on any atom is -0.495 e. The van der Waals surface area contributed by atoms with E-state index in [1.54, 1.807) is 18.4 Å². The molecular weight excluding hydrogens is 180 g/mol. The van der Waals surface area contributed by atoms with Crippen molar-refractivity contribution in [3.8, 4) is 5.75 Å². The van der Waals surface area contributed by atoms with Gasteiger partial charge in [0.25, 0.3) is 0 Å². The fraction of sp³-hybridized carbons (Fsp3) is 0.0909. The monoisotopic (exact) mass is 190 g/mol. The molecule has 0 atom stereocenters. The molecule has 66 valence electrons. The van der Waals surface area contributed by atoms with Crippen molar-refractivity contribution in [2.75, 3.05) is 7.11 Å². The molecule has 1 heterocycles. The number of ether oxygens (including phenoxy) is 1. The van der Waals surface area contributed by atoms with Crippen LogP contribution in [0, 0.1) is 0 Å². The Kier molecular flexibility index (Phi) is 2.07. The summed E-state index contributed by atoms with van der Waals surface area (Å²) < 4.78 is 6.60. The van der Waals surface area contributed by atoms with Crippen molar-refractivity contribution in [2.45, 2.75) is 0 Å². The van der Waals surface area contributed by atoms with Gasteiger partial charge in [0.05, 0.1) is 7.11 Å². The van der Waals surface area contributed by atoms with Gasteiger partial charge in [-0.2, -0.15) is 0 Å². The highest BCUT2D eigenvalue weighted by Gasteiger charge is 2.05. The molecule has 0 aliphatic heterocycles. The first-order valence-corrected chi connectivity index (χ1v) is 4.91. The normalized spacial score (nSPS) is 10.2. The van der Waals surface area contributed by atoms with Crippen molar-refractivity contribution in [1.82, 2.24) is 0 Å². The Morgan fingerprint density at radius 2 is 2.23 bits per heavy atom. The number of benzene rings is 1. The van der Waals surface area contributed by atoms with E-state index >= 15 is 0 Å². The Hall–Kier alpha value is -1.28. The standard InChI is InChI=1S/C11H10OS/c1-3-8-4-5-10-9(6-7-13-10)11(8)12-2/h3-7H,1H2,2H3. The minimum absolute atomic E-state index is 0.925. The Morgan fingerprint density at radius 3 is 2.92 bits per heavy atom. The molecule has 0 spiro atoms. The Labute approximate surface area is 81.3 Å². The third-order valence-electron chi connectivity index (χ3n) is 2.04. The van der Waals surface area contributed by atoms with E-state index in [2.05, 4.69) is 24.1 Å². The van der Waals surface area contributed by atoms with Crippen molar-refractivity contribution in [3.63, 3.8) is 0 Å². The largest absolute Gasteiger partial charge is 0.495 e. The molecule has 0 unspecified atom stereocenters. The molecule has 0 fully saturated rings. The van der Waals surface area contributed by atoms with Crippen LogP contribution in [-0.4, -0.2) is 7.11 Å². The van der Waals surface area contributed by atoms with Crippen LogP contribution in [-0.2, 0) is 0 Å². The molecule has 1 aromatic heterocycles. The van der Waals surface area contributed by atoms with Gasteiger partial charge in [-0.1, -0.05) is 12.7 Å². The van der Waals surface area contributed by atoms with Gasteiger partial charge < -0.3 is 4.74 Å². The van der Waals surface area contributed by atoms with E-state index in [1.807, 2.05) is 12.1 Å². The molecule has 0 aliphatic carbocycles. The maximum atomic E-state index is 5.34. The molecule has 0 bridgehead atoms. The second kappa shape index (κ2) is 3.23. The van der Waals surface area contributed by atoms with Crippen molar-refractivity contribution in [2.24, 2.45) is 0 Å². The molecule has 0 saturated heterocycles. The van der Waals surface area contributed by atoms with Crippen LogP contribution in [0.2, 0.25) is 0 Å². The molecule has 2 heteroatoms. The molecule has 0 radical (unpaired) electrons. The lowest BCUT2D eigenvalue weighted by Crippen LogP contribution is -1.86. The SMILES string of the molecule is C=Cc1ccc2sccc2c1OC. The molecule has 0 aliphatic rings. The van der Waals surface area contributed by atoms with Crippen LogP contribution in [0.15, 0.2) is 30.2 Å². The summed E-state index contributed by atoms with van der Waals surface area (Å²) in [5.74, 6) is 0.925. The van der Waals surface area contributed by atoms with Gasteiger partial charge in [-0.25, -0.2) is 0 Å². The summed E-state index contributed by atoms with van der Waals surface area (Å²) in [6.45, 7) is 3.75. The van der Waals surface area contributed by atoms with E-state index in [9.17, 15) is 0 Å². The molecular formula is C11H10OS. The highest BCUT2D eigenvalue weighted by molar-refractivity contribution is 7.17. The predicted octanol–water partition coefficient (Wildman–Crippen LogP) is 3.55. The van der Waals surface area contributed by atoms with Crippen LogP contribution in [0.4, 0.5) is 0 Å². The zero-order chi connectivity index (χ0) is 9.26. The van der Waals surface area contributed by atoms with Crippen molar-refractivity contribution < 1.29 is 4.74 Å². The second-order valence-corrected chi connectivity index (χ2v) is 3.67. The average Bonchev–Trinajstić information content (AvgIpc) is 2.63. The summed E-state index contributed by atoms with van der Waals surface area (Å²) >= 11 is 1.72. The fourth-order valence-electron chi connectivity index (χ4n) is 1.42. The maximum absolute atomic E-state index is 5.34. The van der Waals surface area contributed by atoms with E-state index in [4.69, 9.17) is 4.74 Å². The lowest BCUT2D eigenvalue weighted by Gasteiger charge is -2.05. The van der Waals surface area contributed by atoms with Gasteiger partial charge in [0, 0.05) is 15.6 Å². The summed E-state index contributed by atoms with van der Waals surface area (Å²) in [6, 6.07) is 6.20. The quantitative estimate of drug-likeness (QED) is 0.703. The molecule has 1 nitrogen and oxygen atoms in total. The summed E-state index contributed by atoms with van der Waals surface area (Å²) in [5, 5.41) is 3.24. The van der Waals surface area contributed by atoms with Gasteiger partial charge >= 0.3 is 0 Å². The van der Waals surface area contributed by atoms with E-state index in [0.29, 0.717) is 0 Å². The summed E-state index contributed by atoms with van der Waals surface area (Å²) in [4.78, 5) is 0. The molecule has 0 saturated carbocycles. The van der Waals surface area contributed by atoms with Crippen molar-refractivity contribution >= 4 is 27.5 Å². The number of fused-ring (bicyclic) bond motifs is 1. The first kappa shape index (κ1) is 8.32. The second-order valence-electron chi connectivity index (χ2n) is 2.72. The number of thiophene rings is 1. The first-order chi connectivity index (χ1) is 6.36. The number of hydrogen-bond donors (Lipinski definition) is 0. The summed E-state index contributed by atoms with van der Waals surface area (Å²) in [6.07, 6.45) is 1.82. The predicted molar refractivity (Wildman–Crippen MR) is 58.5 cm³/mol. The van der Waals surface area contributed by atoms with Crippen molar-refractivity contribution in [1.29, 1.82) is 0 Å². The Bertz CT molecular complexity index is 442. The highest BCUT2D eigenvalue weighted by Crippen LogP contribution is 2.33. The van der Waals surface area contributed by atoms with E-state index in [1.165, 1.54) is 10.1 Å². The lowest BCUT2D eigenvalue weighted by atomic mass is 10.1. The van der Waals surface area contributed by atoms with Gasteiger partial charge in [0.1, 0.15) is 5.75 Å². The third-order valence-corrected chi connectivity index (χ3v) is 2.92.